The van der Waals surface area contributed by atoms with Gasteiger partial charge in [0.2, 0.25) is 0 Å². The van der Waals surface area contributed by atoms with Gasteiger partial charge in [-0.2, -0.15) is 0 Å². The number of imidazole rings is 1. The molecule has 2 heterocycles. The van der Waals surface area contributed by atoms with Gasteiger partial charge >= 0.3 is 0 Å². The van der Waals surface area contributed by atoms with Crippen molar-refractivity contribution < 1.29 is 4.74 Å². The van der Waals surface area contributed by atoms with E-state index in [0.717, 1.165) is 34.8 Å². The molecular formula is C17H19N3O. The predicted octanol–water partition coefficient (Wildman–Crippen LogP) is 3.54. The normalized spacial score (nSPS) is 11.0. The number of rotatable bonds is 4. The monoisotopic (exact) mass is 281 g/mol. The van der Waals surface area contributed by atoms with Gasteiger partial charge in [0.1, 0.15) is 11.4 Å². The average Bonchev–Trinajstić information content (AvgIpc) is 2.86. The van der Waals surface area contributed by atoms with Crippen molar-refractivity contribution in [2.24, 2.45) is 0 Å². The second-order valence-corrected chi connectivity index (χ2v) is 4.91. The van der Waals surface area contributed by atoms with E-state index >= 15 is 0 Å². The largest absolute Gasteiger partial charge is 0.494 e. The molecule has 0 atom stereocenters. The highest BCUT2D eigenvalue weighted by Crippen LogP contribution is 2.27. The van der Waals surface area contributed by atoms with Gasteiger partial charge in [0, 0.05) is 17.4 Å². The van der Waals surface area contributed by atoms with Gasteiger partial charge in [-0.3, -0.25) is 0 Å². The lowest BCUT2D eigenvalue weighted by molar-refractivity contribution is 0.340. The Balaban J connectivity index is 2.10. The molecule has 2 aromatic heterocycles. The van der Waals surface area contributed by atoms with E-state index in [1.807, 2.05) is 37.4 Å². The van der Waals surface area contributed by atoms with Crippen LogP contribution < -0.4 is 10.5 Å². The van der Waals surface area contributed by atoms with Crippen LogP contribution in [0.1, 0.15) is 19.5 Å². The lowest BCUT2D eigenvalue weighted by atomic mass is 10.1. The first-order valence-corrected chi connectivity index (χ1v) is 7.22. The number of nitrogens with zero attached hydrogens (tertiary/aromatic N) is 2. The van der Waals surface area contributed by atoms with Gasteiger partial charge in [0.25, 0.3) is 0 Å². The molecule has 2 N–H and O–H groups in total. The predicted molar refractivity (Wildman–Crippen MR) is 85.6 cm³/mol. The second-order valence-electron chi connectivity index (χ2n) is 4.91. The quantitative estimate of drug-likeness (QED) is 0.795. The van der Waals surface area contributed by atoms with Crippen molar-refractivity contribution in [2.45, 2.75) is 20.3 Å². The number of fused-ring (bicyclic) bond motifs is 1. The van der Waals surface area contributed by atoms with Crippen molar-refractivity contribution in [2.75, 3.05) is 12.3 Å². The SMILES string of the molecule is CCOc1ccc(-c2nc3ccc(N)cn3c2CC)cc1. The summed E-state index contributed by atoms with van der Waals surface area (Å²) in [5.74, 6) is 0.882. The van der Waals surface area contributed by atoms with E-state index in [1.54, 1.807) is 0 Å². The first kappa shape index (κ1) is 13.5. The lowest BCUT2D eigenvalue weighted by Gasteiger charge is -2.05. The van der Waals surface area contributed by atoms with E-state index in [-0.39, 0.29) is 0 Å². The van der Waals surface area contributed by atoms with Gasteiger partial charge in [-0.25, -0.2) is 4.98 Å². The maximum Gasteiger partial charge on any atom is 0.137 e. The Hall–Kier alpha value is -2.49. The van der Waals surface area contributed by atoms with Gasteiger partial charge in [0.05, 0.1) is 18.0 Å². The van der Waals surface area contributed by atoms with E-state index < -0.39 is 0 Å². The van der Waals surface area contributed by atoms with Crippen molar-refractivity contribution in [3.8, 4) is 17.0 Å². The van der Waals surface area contributed by atoms with Crippen molar-refractivity contribution in [1.29, 1.82) is 0 Å². The summed E-state index contributed by atoms with van der Waals surface area (Å²) in [6, 6.07) is 11.9. The molecule has 0 unspecified atom stereocenters. The molecule has 108 valence electrons. The van der Waals surface area contributed by atoms with Crippen LogP contribution in [0.3, 0.4) is 0 Å². The minimum Gasteiger partial charge on any atom is -0.494 e. The van der Waals surface area contributed by atoms with E-state index in [0.29, 0.717) is 6.61 Å². The summed E-state index contributed by atoms with van der Waals surface area (Å²) >= 11 is 0. The molecule has 0 bridgehead atoms. The Labute approximate surface area is 124 Å². The Bertz CT molecular complexity index is 760. The maximum atomic E-state index is 5.88. The average molecular weight is 281 g/mol. The highest BCUT2D eigenvalue weighted by molar-refractivity contribution is 5.68. The molecule has 21 heavy (non-hydrogen) atoms. The fourth-order valence-corrected chi connectivity index (χ4v) is 2.55. The summed E-state index contributed by atoms with van der Waals surface area (Å²) in [5.41, 5.74) is 10.8. The first-order chi connectivity index (χ1) is 10.2. The van der Waals surface area contributed by atoms with Crippen LogP contribution in [-0.4, -0.2) is 16.0 Å². The molecule has 0 amide bonds. The van der Waals surface area contributed by atoms with Crippen molar-refractivity contribution >= 4 is 11.3 Å². The third-order valence-corrected chi connectivity index (χ3v) is 3.51. The van der Waals surface area contributed by atoms with Crippen molar-refractivity contribution in [3.05, 3.63) is 48.3 Å². The zero-order chi connectivity index (χ0) is 14.8. The summed E-state index contributed by atoms with van der Waals surface area (Å²) in [5, 5.41) is 0. The molecule has 4 heteroatoms. The molecule has 3 rings (SSSR count). The molecule has 3 aromatic rings. The fourth-order valence-electron chi connectivity index (χ4n) is 2.55. The Morgan fingerprint density at radius 1 is 1.10 bits per heavy atom. The summed E-state index contributed by atoms with van der Waals surface area (Å²) in [6.07, 6.45) is 2.83. The summed E-state index contributed by atoms with van der Waals surface area (Å²) < 4.78 is 7.56. The molecule has 0 aliphatic carbocycles. The van der Waals surface area contributed by atoms with Gasteiger partial charge < -0.3 is 14.9 Å². The van der Waals surface area contributed by atoms with E-state index in [9.17, 15) is 0 Å². The molecule has 1 aromatic carbocycles. The van der Waals surface area contributed by atoms with Gasteiger partial charge in [-0.15, -0.1) is 0 Å². The van der Waals surface area contributed by atoms with Crippen molar-refractivity contribution in [1.82, 2.24) is 9.38 Å². The maximum absolute atomic E-state index is 5.88. The van der Waals surface area contributed by atoms with Crippen LogP contribution in [0.4, 0.5) is 5.69 Å². The highest BCUT2D eigenvalue weighted by atomic mass is 16.5. The first-order valence-electron chi connectivity index (χ1n) is 7.22. The zero-order valence-electron chi connectivity index (χ0n) is 12.3. The van der Waals surface area contributed by atoms with Crippen LogP contribution in [0.25, 0.3) is 16.9 Å². The van der Waals surface area contributed by atoms with Crippen molar-refractivity contribution in [3.63, 3.8) is 0 Å². The number of aromatic nitrogens is 2. The summed E-state index contributed by atoms with van der Waals surface area (Å²) in [4.78, 5) is 4.74. The fraction of sp³-hybridized carbons (Fsp3) is 0.235. The van der Waals surface area contributed by atoms with Crippen LogP contribution >= 0.6 is 0 Å². The van der Waals surface area contributed by atoms with Crippen LogP contribution in [0.15, 0.2) is 42.6 Å². The molecule has 0 radical (unpaired) electrons. The van der Waals surface area contributed by atoms with Crippen LogP contribution in [-0.2, 0) is 6.42 Å². The number of ether oxygens (including phenoxy) is 1. The third kappa shape index (κ3) is 2.44. The molecule has 0 aliphatic heterocycles. The van der Waals surface area contributed by atoms with Crippen LogP contribution in [0, 0.1) is 0 Å². The number of hydrogen-bond acceptors (Lipinski definition) is 3. The molecule has 4 nitrogen and oxygen atoms in total. The minimum atomic E-state index is 0.674. The molecule has 0 fully saturated rings. The molecular weight excluding hydrogens is 262 g/mol. The number of nitrogens with two attached hydrogens (primary N) is 1. The van der Waals surface area contributed by atoms with Crippen LogP contribution in [0.5, 0.6) is 5.75 Å². The Morgan fingerprint density at radius 3 is 2.52 bits per heavy atom. The summed E-state index contributed by atoms with van der Waals surface area (Å²) in [6.45, 7) is 4.79. The minimum absolute atomic E-state index is 0.674. The lowest BCUT2D eigenvalue weighted by Crippen LogP contribution is -1.95. The molecule has 0 aliphatic rings. The molecule has 0 saturated heterocycles. The third-order valence-electron chi connectivity index (χ3n) is 3.51. The van der Waals surface area contributed by atoms with Gasteiger partial charge in [0.15, 0.2) is 0 Å². The number of benzene rings is 1. The Morgan fingerprint density at radius 2 is 1.86 bits per heavy atom. The molecule has 0 saturated carbocycles. The van der Waals surface area contributed by atoms with Gasteiger partial charge in [-0.1, -0.05) is 6.92 Å². The zero-order valence-corrected chi connectivity index (χ0v) is 12.3. The second kappa shape index (κ2) is 5.48. The number of nitrogen functional groups attached to an aromatic ring is 1. The number of pyridine rings is 1. The Kier molecular flexibility index (Phi) is 3.52. The number of anilines is 1. The number of aryl methyl sites for hydroxylation is 1. The smallest absolute Gasteiger partial charge is 0.137 e. The summed E-state index contributed by atoms with van der Waals surface area (Å²) in [7, 11) is 0. The van der Waals surface area contributed by atoms with E-state index in [4.69, 9.17) is 15.5 Å². The van der Waals surface area contributed by atoms with Gasteiger partial charge in [-0.05, 0) is 49.7 Å². The van der Waals surface area contributed by atoms with E-state index in [2.05, 4.69) is 23.5 Å². The van der Waals surface area contributed by atoms with Crippen LogP contribution in [0.2, 0.25) is 0 Å². The molecule has 0 spiro atoms. The topological polar surface area (TPSA) is 52.5 Å². The number of hydrogen-bond donors (Lipinski definition) is 1. The highest BCUT2D eigenvalue weighted by Gasteiger charge is 2.12. The van der Waals surface area contributed by atoms with E-state index in [1.165, 1.54) is 5.69 Å². The standard InChI is InChI=1S/C17H19N3O/c1-3-15-17(12-5-8-14(9-6-12)21-4-2)19-16-10-7-13(18)11-20(15)16/h5-11H,3-4,18H2,1-2H3.